The van der Waals surface area contributed by atoms with Gasteiger partial charge < -0.3 is 14.6 Å². The van der Waals surface area contributed by atoms with Crippen LogP contribution in [-0.4, -0.2) is 17.9 Å². The first-order chi connectivity index (χ1) is 11.5. The fraction of sp³-hybridized carbons (Fsp3) is 0.350. The Morgan fingerprint density at radius 1 is 1.04 bits per heavy atom. The lowest BCUT2D eigenvalue weighted by Crippen LogP contribution is -2.16. The molecule has 0 spiro atoms. The Labute approximate surface area is 142 Å². The van der Waals surface area contributed by atoms with Gasteiger partial charge in [0.15, 0.2) is 11.5 Å². The van der Waals surface area contributed by atoms with Gasteiger partial charge >= 0.3 is 5.97 Å². The van der Waals surface area contributed by atoms with Crippen LogP contribution in [0.2, 0.25) is 0 Å². The zero-order chi connectivity index (χ0) is 17.1. The summed E-state index contributed by atoms with van der Waals surface area (Å²) in [4.78, 5) is 11.0. The van der Waals surface area contributed by atoms with Crippen molar-refractivity contribution in [1.29, 1.82) is 0 Å². The molecule has 1 atom stereocenters. The quantitative estimate of drug-likeness (QED) is 0.856. The number of hydrogen-bond acceptors (Lipinski definition) is 3. The van der Waals surface area contributed by atoms with E-state index in [4.69, 9.17) is 14.6 Å². The van der Waals surface area contributed by atoms with Crippen LogP contribution in [0.15, 0.2) is 42.5 Å². The van der Waals surface area contributed by atoms with Gasteiger partial charge in [0.1, 0.15) is 0 Å². The normalized spacial score (nSPS) is 14.0. The number of fused-ring (bicyclic) bond motifs is 1. The van der Waals surface area contributed by atoms with E-state index in [1.807, 2.05) is 18.2 Å². The minimum Gasteiger partial charge on any atom is -0.481 e. The average Bonchev–Trinajstić information content (AvgIpc) is 3.02. The first-order valence-corrected chi connectivity index (χ1v) is 8.23. The molecular weight excluding hydrogens is 304 g/mol. The molecule has 2 aromatic rings. The zero-order valence-electron chi connectivity index (χ0n) is 14.0. The Hall–Kier alpha value is -2.49. The SMILES string of the molecule is CC(C)C(CC(=O)O)Cc1ccc(-c2ccc3c(c2)OCO3)cc1. The number of rotatable bonds is 6. The van der Waals surface area contributed by atoms with Crippen molar-refractivity contribution in [3.63, 3.8) is 0 Å². The zero-order valence-corrected chi connectivity index (χ0v) is 14.0. The van der Waals surface area contributed by atoms with Gasteiger partial charge in [-0.25, -0.2) is 0 Å². The maximum Gasteiger partial charge on any atom is 0.303 e. The molecule has 0 saturated heterocycles. The molecule has 1 aliphatic rings. The molecule has 1 N–H and O–H groups in total. The van der Waals surface area contributed by atoms with E-state index < -0.39 is 5.97 Å². The summed E-state index contributed by atoms with van der Waals surface area (Å²) in [5, 5.41) is 9.06. The Bertz CT molecular complexity index is 719. The van der Waals surface area contributed by atoms with E-state index in [2.05, 4.69) is 38.1 Å². The van der Waals surface area contributed by atoms with Crippen molar-refractivity contribution < 1.29 is 19.4 Å². The molecule has 0 radical (unpaired) electrons. The van der Waals surface area contributed by atoms with Gasteiger partial charge in [0.2, 0.25) is 6.79 Å². The smallest absolute Gasteiger partial charge is 0.303 e. The van der Waals surface area contributed by atoms with E-state index in [9.17, 15) is 4.79 Å². The molecule has 1 heterocycles. The molecule has 1 aliphatic heterocycles. The molecule has 2 aromatic carbocycles. The Morgan fingerprint density at radius 2 is 1.71 bits per heavy atom. The lowest BCUT2D eigenvalue weighted by atomic mass is 9.86. The topological polar surface area (TPSA) is 55.8 Å². The molecule has 126 valence electrons. The second-order valence-electron chi connectivity index (χ2n) is 6.57. The lowest BCUT2D eigenvalue weighted by molar-refractivity contribution is -0.138. The van der Waals surface area contributed by atoms with Crippen molar-refractivity contribution >= 4 is 5.97 Å². The standard InChI is InChI=1S/C20H22O4/c1-13(2)17(11-20(21)22)9-14-3-5-15(6-4-14)16-7-8-18-19(10-16)24-12-23-18/h3-8,10,13,17H,9,11-12H2,1-2H3,(H,21,22). The van der Waals surface area contributed by atoms with Gasteiger partial charge in [-0.15, -0.1) is 0 Å². The third-order valence-electron chi connectivity index (χ3n) is 4.54. The van der Waals surface area contributed by atoms with Gasteiger partial charge in [0, 0.05) is 6.42 Å². The molecule has 0 amide bonds. The van der Waals surface area contributed by atoms with Crippen LogP contribution in [0.25, 0.3) is 11.1 Å². The van der Waals surface area contributed by atoms with E-state index in [1.165, 1.54) is 5.56 Å². The number of carbonyl (C=O) groups is 1. The van der Waals surface area contributed by atoms with E-state index in [0.29, 0.717) is 5.92 Å². The first kappa shape index (κ1) is 16.4. The maximum absolute atomic E-state index is 11.0. The predicted molar refractivity (Wildman–Crippen MR) is 92.3 cm³/mol. The van der Waals surface area contributed by atoms with E-state index in [0.717, 1.165) is 29.0 Å². The van der Waals surface area contributed by atoms with Gasteiger partial charge in [-0.1, -0.05) is 44.2 Å². The van der Waals surface area contributed by atoms with Crippen molar-refractivity contribution in [2.75, 3.05) is 6.79 Å². The number of ether oxygens (including phenoxy) is 2. The van der Waals surface area contributed by atoms with Crippen molar-refractivity contribution in [3.8, 4) is 22.6 Å². The highest BCUT2D eigenvalue weighted by molar-refractivity contribution is 5.68. The van der Waals surface area contributed by atoms with Gasteiger partial charge in [0.05, 0.1) is 0 Å². The highest BCUT2D eigenvalue weighted by atomic mass is 16.7. The summed E-state index contributed by atoms with van der Waals surface area (Å²) >= 11 is 0. The molecule has 0 bridgehead atoms. The molecule has 1 unspecified atom stereocenters. The molecule has 4 heteroatoms. The monoisotopic (exact) mass is 326 g/mol. The van der Waals surface area contributed by atoms with Crippen molar-refractivity contribution in [1.82, 2.24) is 0 Å². The van der Waals surface area contributed by atoms with Gasteiger partial charge in [-0.2, -0.15) is 0 Å². The molecule has 0 saturated carbocycles. The van der Waals surface area contributed by atoms with E-state index in [-0.39, 0.29) is 19.1 Å². The number of carboxylic acid groups (broad SMARTS) is 1. The maximum atomic E-state index is 11.0. The highest BCUT2D eigenvalue weighted by Gasteiger charge is 2.18. The van der Waals surface area contributed by atoms with Gasteiger partial charge in [-0.3, -0.25) is 4.79 Å². The molecule has 0 fully saturated rings. The van der Waals surface area contributed by atoms with E-state index in [1.54, 1.807) is 0 Å². The van der Waals surface area contributed by atoms with E-state index >= 15 is 0 Å². The minimum absolute atomic E-state index is 0.152. The van der Waals surface area contributed by atoms with Crippen LogP contribution in [0, 0.1) is 11.8 Å². The summed E-state index contributed by atoms with van der Waals surface area (Å²) in [7, 11) is 0. The third kappa shape index (κ3) is 3.70. The van der Waals surface area contributed by atoms with Crippen LogP contribution >= 0.6 is 0 Å². The molecule has 3 rings (SSSR count). The van der Waals surface area contributed by atoms with Crippen LogP contribution in [0.4, 0.5) is 0 Å². The third-order valence-corrected chi connectivity index (χ3v) is 4.54. The molecular formula is C20H22O4. The summed E-state index contributed by atoms with van der Waals surface area (Å²) in [6, 6.07) is 14.2. The largest absolute Gasteiger partial charge is 0.481 e. The van der Waals surface area contributed by atoms with Crippen LogP contribution in [-0.2, 0) is 11.2 Å². The second-order valence-corrected chi connectivity index (χ2v) is 6.57. The average molecular weight is 326 g/mol. The molecule has 0 aromatic heterocycles. The number of carboxylic acids is 1. The second kappa shape index (κ2) is 6.95. The summed E-state index contributed by atoms with van der Waals surface area (Å²) in [5.74, 6) is 1.32. The number of aliphatic carboxylic acids is 1. The first-order valence-electron chi connectivity index (χ1n) is 8.23. The van der Waals surface area contributed by atoms with Crippen molar-refractivity contribution in [3.05, 3.63) is 48.0 Å². The summed E-state index contributed by atoms with van der Waals surface area (Å²) in [6.45, 7) is 4.43. The summed E-state index contributed by atoms with van der Waals surface area (Å²) < 4.78 is 10.8. The fourth-order valence-electron chi connectivity index (χ4n) is 2.98. The number of benzene rings is 2. The summed E-state index contributed by atoms with van der Waals surface area (Å²) in [5.41, 5.74) is 3.35. The van der Waals surface area contributed by atoms with Gasteiger partial charge in [0.25, 0.3) is 0 Å². The predicted octanol–water partition coefficient (Wildman–Crippen LogP) is 4.37. The molecule has 24 heavy (non-hydrogen) atoms. The van der Waals surface area contributed by atoms with Crippen molar-refractivity contribution in [2.24, 2.45) is 11.8 Å². The fourth-order valence-corrected chi connectivity index (χ4v) is 2.98. The van der Waals surface area contributed by atoms with Crippen molar-refractivity contribution in [2.45, 2.75) is 26.7 Å². The minimum atomic E-state index is -0.731. The Kier molecular flexibility index (Phi) is 4.74. The highest BCUT2D eigenvalue weighted by Crippen LogP contribution is 2.36. The van der Waals surface area contributed by atoms with Crippen LogP contribution in [0.3, 0.4) is 0 Å². The van der Waals surface area contributed by atoms with Gasteiger partial charge in [-0.05, 0) is 47.1 Å². The molecule has 0 aliphatic carbocycles. The Morgan fingerprint density at radius 3 is 2.38 bits per heavy atom. The van der Waals surface area contributed by atoms with Crippen LogP contribution in [0.1, 0.15) is 25.8 Å². The van der Waals surface area contributed by atoms with Crippen LogP contribution < -0.4 is 9.47 Å². The van der Waals surface area contributed by atoms with Crippen LogP contribution in [0.5, 0.6) is 11.5 Å². The lowest BCUT2D eigenvalue weighted by Gasteiger charge is -2.19. The number of hydrogen-bond donors (Lipinski definition) is 1. The Balaban J connectivity index is 1.74. The summed E-state index contributed by atoms with van der Waals surface area (Å²) in [6.07, 6.45) is 0.993. The molecule has 4 nitrogen and oxygen atoms in total.